The van der Waals surface area contributed by atoms with E-state index in [-0.39, 0.29) is 5.75 Å². The third-order valence-electron chi connectivity index (χ3n) is 3.45. The summed E-state index contributed by atoms with van der Waals surface area (Å²) >= 11 is 0. The molecule has 0 aliphatic heterocycles. The van der Waals surface area contributed by atoms with Gasteiger partial charge in [-0.05, 0) is 37.7 Å². The second-order valence-corrected chi connectivity index (χ2v) is 4.45. The number of hydrogen-bond donors (Lipinski definition) is 1. The Morgan fingerprint density at radius 3 is 2.15 bits per heavy atom. The van der Waals surface area contributed by atoms with Crippen LogP contribution in [0.3, 0.4) is 0 Å². The fourth-order valence-corrected chi connectivity index (χ4v) is 2.26. The molecule has 0 heterocycles. The smallest absolute Gasteiger partial charge is 0.387 e. The molecule has 20 heavy (non-hydrogen) atoms. The fourth-order valence-electron chi connectivity index (χ4n) is 2.26. The summed E-state index contributed by atoms with van der Waals surface area (Å²) in [6, 6.07) is 5.71. The van der Waals surface area contributed by atoms with Crippen molar-refractivity contribution in [3.05, 3.63) is 29.8 Å². The van der Waals surface area contributed by atoms with Crippen LogP contribution in [-0.2, 0) is 10.3 Å². The molecule has 0 amide bonds. The third-order valence-corrected chi connectivity index (χ3v) is 3.45. The third kappa shape index (κ3) is 3.25. The average molecular weight is 287 g/mol. The molecule has 0 aromatic heterocycles. The van der Waals surface area contributed by atoms with E-state index >= 15 is 0 Å². The molecular formula is C14H19F2NO3. The lowest BCUT2D eigenvalue weighted by Crippen LogP contribution is -2.49. The minimum atomic E-state index is -2.89. The first-order chi connectivity index (χ1) is 9.36. The number of rotatable bonds is 7. The highest BCUT2D eigenvalue weighted by molar-refractivity contribution is 5.80. The van der Waals surface area contributed by atoms with Crippen molar-refractivity contribution in [2.75, 3.05) is 13.1 Å². The van der Waals surface area contributed by atoms with Crippen LogP contribution in [0.25, 0.3) is 0 Å². The van der Waals surface area contributed by atoms with Gasteiger partial charge in [0.25, 0.3) is 0 Å². The van der Waals surface area contributed by atoms with Gasteiger partial charge in [-0.3, -0.25) is 4.90 Å². The normalized spacial score (nSPS) is 14.3. The summed E-state index contributed by atoms with van der Waals surface area (Å²) in [5, 5.41) is 9.54. The Hall–Kier alpha value is -1.69. The Labute approximate surface area is 117 Å². The van der Waals surface area contributed by atoms with Crippen molar-refractivity contribution in [2.24, 2.45) is 0 Å². The number of alkyl halides is 2. The second-order valence-electron chi connectivity index (χ2n) is 4.45. The van der Waals surface area contributed by atoms with E-state index in [1.165, 1.54) is 24.3 Å². The minimum Gasteiger partial charge on any atom is -0.480 e. The van der Waals surface area contributed by atoms with Crippen LogP contribution in [0.2, 0.25) is 0 Å². The summed E-state index contributed by atoms with van der Waals surface area (Å²) < 4.78 is 28.5. The summed E-state index contributed by atoms with van der Waals surface area (Å²) in [6.07, 6.45) is 0. The van der Waals surface area contributed by atoms with Crippen molar-refractivity contribution in [1.82, 2.24) is 4.90 Å². The lowest BCUT2D eigenvalue weighted by atomic mass is 9.90. The number of ether oxygens (including phenoxy) is 1. The van der Waals surface area contributed by atoms with Gasteiger partial charge in [-0.1, -0.05) is 26.0 Å². The average Bonchev–Trinajstić information content (AvgIpc) is 2.39. The maximum Gasteiger partial charge on any atom is 0.387 e. The van der Waals surface area contributed by atoms with Crippen molar-refractivity contribution in [3.63, 3.8) is 0 Å². The summed E-state index contributed by atoms with van der Waals surface area (Å²) in [5.74, 6) is -0.972. The minimum absolute atomic E-state index is 0.0102. The highest BCUT2D eigenvalue weighted by Crippen LogP contribution is 2.30. The zero-order valence-corrected chi connectivity index (χ0v) is 11.8. The molecule has 6 heteroatoms. The van der Waals surface area contributed by atoms with Gasteiger partial charge in [-0.15, -0.1) is 0 Å². The van der Waals surface area contributed by atoms with E-state index in [0.29, 0.717) is 18.7 Å². The van der Waals surface area contributed by atoms with Crippen LogP contribution in [0.4, 0.5) is 8.78 Å². The molecule has 1 unspecified atom stereocenters. The number of carboxylic acids is 1. The van der Waals surface area contributed by atoms with E-state index in [2.05, 4.69) is 4.74 Å². The number of carbonyl (C=O) groups is 1. The maximum absolute atomic E-state index is 12.1. The number of likely N-dealkylation sites (N-methyl/N-ethyl adjacent to an activating group) is 1. The number of aliphatic carboxylic acids is 1. The van der Waals surface area contributed by atoms with Crippen molar-refractivity contribution in [1.29, 1.82) is 0 Å². The number of carboxylic acid groups (broad SMARTS) is 1. The summed E-state index contributed by atoms with van der Waals surface area (Å²) in [7, 11) is 0. The number of hydrogen-bond acceptors (Lipinski definition) is 3. The van der Waals surface area contributed by atoms with Crippen molar-refractivity contribution < 1.29 is 23.4 Å². The van der Waals surface area contributed by atoms with Gasteiger partial charge in [0.1, 0.15) is 11.3 Å². The molecule has 1 aromatic rings. The predicted molar refractivity (Wildman–Crippen MR) is 71.0 cm³/mol. The van der Waals surface area contributed by atoms with Gasteiger partial charge in [0.15, 0.2) is 0 Å². The lowest BCUT2D eigenvalue weighted by molar-refractivity contribution is -0.151. The van der Waals surface area contributed by atoms with Crippen molar-refractivity contribution in [2.45, 2.75) is 32.9 Å². The van der Waals surface area contributed by atoms with Gasteiger partial charge < -0.3 is 9.84 Å². The quantitative estimate of drug-likeness (QED) is 0.837. The summed E-state index contributed by atoms with van der Waals surface area (Å²) in [4.78, 5) is 13.4. The van der Waals surface area contributed by atoms with E-state index in [9.17, 15) is 18.7 Å². The van der Waals surface area contributed by atoms with E-state index in [4.69, 9.17) is 0 Å². The molecule has 0 saturated heterocycles. The molecular weight excluding hydrogens is 268 g/mol. The predicted octanol–water partition coefficient (Wildman–Crippen LogP) is 2.93. The SMILES string of the molecule is CCN(CC)C(C)(C(=O)O)c1ccc(OC(F)F)cc1. The van der Waals surface area contributed by atoms with Crippen LogP contribution >= 0.6 is 0 Å². The largest absolute Gasteiger partial charge is 0.480 e. The van der Waals surface area contributed by atoms with E-state index in [1.807, 2.05) is 13.8 Å². The van der Waals surface area contributed by atoms with Gasteiger partial charge >= 0.3 is 12.6 Å². The topological polar surface area (TPSA) is 49.8 Å². The molecule has 1 atom stereocenters. The number of halogens is 2. The van der Waals surface area contributed by atoms with E-state index in [1.54, 1.807) is 11.8 Å². The first-order valence-electron chi connectivity index (χ1n) is 6.40. The second kappa shape index (κ2) is 6.65. The molecule has 0 radical (unpaired) electrons. The van der Waals surface area contributed by atoms with Crippen LogP contribution in [0, 0.1) is 0 Å². The highest BCUT2D eigenvalue weighted by atomic mass is 19.3. The molecule has 0 spiro atoms. The molecule has 1 aromatic carbocycles. The number of nitrogens with zero attached hydrogens (tertiary/aromatic N) is 1. The molecule has 1 N–H and O–H groups in total. The Morgan fingerprint density at radius 1 is 1.30 bits per heavy atom. The first kappa shape index (κ1) is 16.4. The van der Waals surface area contributed by atoms with Gasteiger partial charge in [0, 0.05) is 0 Å². The van der Waals surface area contributed by atoms with Crippen LogP contribution in [0.5, 0.6) is 5.75 Å². The van der Waals surface area contributed by atoms with Crippen LogP contribution in [0.15, 0.2) is 24.3 Å². The lowest BCUT2D eigenvalue weighted by Gasteiger charge is -2.37. The molecule has 0 fully saturated rings. The zero-order chi connectivity index (χ0) is 15.3. The van der Waals surface area contributed by atoms with E-state index in [0.717, 1.165) is 0 Å². The van der Waals surface area contributed by atoms with E-state index < -0.39 is 18.1 Å². The Morgan fingerprint density at radius 2 is 1.80 bits per heavy atom. The highest BCUT2D eigenvalue weighted by Gasteiger charge is 2.39. The van der Waals surface area contributed by atoms with Gasteiger partial charge in [0.05, 0.1) is 0 Å². The molecule has 0 saturated carbocycles. The molecule has 1 rings (SSSR count). The van der Waals surface area contributed by atoms with Gasteiger partial charge in [0.2, 0.25) is 0 Å². The monoisotopic (exact) mass is 287 g/mol. The van der Waals surface area contributed by atoms with Gasteiger partial charge in [-0.2, -0.15) is 8.78 Å². The standard InChI is InChI=1S/C14H19F2NO3/c1-4-17(5-2)14(3,12(18)19)10-6-8-11(9-7-10)20-13(15)16/h6-9,13H,4-5H2,1-3H3,(H,18,19). The zero-order valence-electron chi connectivity index (χ0n) is 11.8. The fraction of sp³-hybridized carbons (Fsp3) is 0.500. The summed E-state index contributed by atoms with van der Waals surface area (Å²) in [5.41, 5.74) is -0.678. The van der Waals surface area contributed by atoms with Crippen LogP contribution in [0.1, 0.15) is 26.3 Å². The van der Waals surface area contributed by atoms with Crippen molar-refractivity contribution >= 4 is 5.97 Å². The summed E-state index contributed by atoms with van der Waals surface area (Å²) in [6.45, 7) is 3.58. The van der Waals surface area contributed by atoms with Gasteiger partial charge in [-0.25, -0.2) is 4.79 Å². The Balaban J connectivity index is 3.13. The molecule has 112 valence electrons. The Kier molecular flexibility index (Phi) is 5.44. The van der Waals surface area contributed by atoms with Crippen LogP contribution < -0.4 is 4.74 Å². The van der Waals surface area contributed by atoms with Crippen LogP contribution in [-0.4, -0.2) is 35.7 Å². The molecule has 4 nitrogen and oxygen atoms in total. The molecule has 0 bridgehead atoms. The molecule has 0 aliphatic carbocycles. The first-order valence-corrected chi connectivity index (χ1v) is 6.40. The number of benzene rings is 1. The maximum atomic E-state index is 12.1. The Bertz CT molecular complexity index is 446. The molecule has 0 aliphatic rings. The van der Waals surface area contributed by atoms with Crippen molar-refractivity contribution in [3.8, 4) is 5.75 Å².